The van der Waals surface area contributed by atoms with Crippen molar-refractivity contribution in [3.8, 4) is 0 Å². The molecule has 3 heterocycles. The van der Waals surface area contributed by atoms with Crippen LogP contribution in [0, 0.1) is 0 Å². The number of rotatable bonds is 3. The smallest absolute Gasteiger partial charge is 0.271 e. The number of aromatic nitrogens is 5. The lowest BCUT2D eigenvalue weighted by Crippen LogP contribution is -2.28. The molecule has 0 aliphatic carbocycles. The average Bonchev–Trinajstić information content (AvgIpc) is 2.99. The molecule has 3 aromatic rings. The molecule has 102 valence electrons. The van der Waals surface area contributed by atoms with Gasteiger partial charge in [-0.25, -0.2) is 14.5 Å². The molecule has 2 N–H and O–H groups in total. The van der Waals surface area contributed by atoms with Gasteiger partial charge in [-0.15, -0.1) is 0 Å². The zero-order chi connectivity index (χ0) is 14.1. The third-order valence-electron chi connectivity index (χ3n) is 2.70. The third kappa shape index (κ3) is 2.30. The van der Waals surface area contributed by atoms with Gasteiger partial charge in [-0.05, 0) is 6.92 Å². The molecule has 0 aromatic carbocycles. The second kappa shape index (κ2) is 4.85. The molecule has 0 aliphatic rings. The van der Waals surface area contributed by atoms with Gasteiger partial charge in [0.15, 0.2) is 0 Å². The predicted octanol–water partition coefficient (Wildman–Crippen LogP) is 0.365. The minimum Gasteiger partial charge on any atom is -0.342 e. The first-order chi connectivity index (χ1) is 9.63. The number of amides is 1. The molecule has 1 amide bonds. The van der Waals surface area contributed by atoms with E-state index in [1.54, 1.807) is 16.2 Å². The van der Waals surface area contributed by atoms with Gasteiger partial charge in [0, 0.05) is 6.20 Å². The van der Waals surface area contributed by atoms with Crippen molar-refractivity contribution in [3.05, 3.63) is 45.8 Å². The maximum atomic E-state index is 11.9. The van der Waals surface area contributed by atoms with Gasteiger partial charge in [0.2, 0.25) is 4.96 Å². The van der Waals surface area contributed by atoms with Crippen LogP contribution in [0.2, 0.25) is 0 Å². The lowest BCUT2D eigenvalue weighted by atomic mass is 10.2. The third-order valence-corrected chi connectivity index (χ3v) is 3.39. The van der Waals surface area contributed by atoms with E-state index < -0.39 is 0 Å². The highest BCUT2D eigenvalue weighted by Crippen LogP contribution is 2.15. The number of carbonyl (C=O) groups excluding carboxylic acids is 1. The number of nitrogens with zero attached hydrogens (tertiary/aromatic N) is 4. The molecular weight excluding hydrogens is 280 g/mol. The van der Waals surface area contributed by atoms with Crippen LogP contribution in [0.25, 0.3) is 4.96 Å². The van der Waals surface area contributed by atoms with Crippen molar-refractivity contribution in [2.75, 3.05) is 0 Å². The normalized spacial score (nSPS) is 12.4. The fourth-order valence-corrected chi connectivity index (χ4v) is 2.28. The van der Waals surface area contributed by atoms with Crippen LogP contribution in [0.15, 0.2) is 28.9 Å². The summed E-state index contributed by atoms with van der Waals surface area (Å²) in [7, 11) is 0. The first-order valence-electron chi connectivity index (χ1n) is 5.78. The summed E-state index contributed by atoms with van der Waals surface area (Å²) in [6, 6.07) is -0.287. The van der Waals surface area contributed by atoms with Crippen LogP contribution in [-0.4, -0.2) is 30.5 Å². The maximum Gasteiger partial charge on any atom is 0.271 e. The highest BCUT2D eigenvalue weighted by molar-refractivity contribution is 7.14. The Labute approximate surface area is 116 Å². The van der Waals surface area contributed by atoms with E-state index in [2.05, 4.69) is 25.4 Å². The minimum atomic E-state index is -0.377. The van der Waals surface area contributed by atoms with Gasteiger partial charge in [-0.2, -0.15) is 5.10 Å². The van der Waals surface area contributed by atoms with Crippen LogP contribution >= 0.6 is 11.3 Å². The van der Waals surface area contributed by atoms with Gasteiger partial charge < -0.3 is 10.3 Å². The van der Waals surface area contributed by atoms with Gasteiger partial charge in [0.25, 0.3) is 11.5 Å². The Morgan fingerprint density at radius 3 is 3.10 bits per heavy atom. The standard InChI is InChI=1S/C11H10N6O2S/c1-6(8-4-17-11(16-8)20-5-14-17)15-10(19)7-2-13-9(18)3-12-7/h2-6H,1H3,(H,13,18)(H,15,19)/t6-/m1/s1. The molecule has 0 unspecified atom stereocenters. The largest absolute Gasteiger partial charge is 0.342 e. The highest BCUT2D eigenvalue weighted by atomic mass is 32.1. The first-order valence-corrected chi connectivity index (χ1v) is 6.66. The molecule has 0 aliphatic heterocycles. The van der Waals surface area contributed by atoms with Crippen LogP contribution in [-0.2, 0) is 0 Å². The van der Waals surface area contributed by atoms with Gasteiger partial charge in [-0.1, -0.05) is 11.3 Å². The number of carbonyl (C=O) groups is 1. The van der Waals surface area contributed by atoms with Crippen molar-refractivity contribution < 1.29 is 4.79 Å². The molecule has 0 radical (unpaired) electrons. The summed E-state index contributed by atoms with van der Waals surface area (Å²) < 4.78 is 1.65. The van der Waals surface area contributed by atoms with Crippen molar-refractivity contribution in [2.45, 2.75) is 13.0 Å². The predicted molar refractivity (Wildman–Crippen MR) is 71.6 cm³/mol. The molecule has 8 nitrogen and oxygen atoms in total. The minimum absolute atomic E-state index is 0.149. The molecular formula is C11H10N6O2S. The topological polar surface area (TPSA) is 105 Å². The summed E-state index contributed by atoms with van der Waals surface area (Å²) in [5.41, 5.74) is 2.20. The molecule has 0 saturated carbocycles. The Morgan fingerprint density at radius 1 is 1.55 bits per heavy atom. The molecule has 0 fully saturated rings. The monoisotopic (exact) mass is 290 g/mol. The van der Waals surface area contributed by atoms with Crippen LogP contribution in [0.3, 0.4) is 0 Å². The van der Waals surface area contributed by atoms with Crippen molar-refractivity contribution in [1.82, 2.24) is 29.9 Å². The van der Waals surface area contributed by atoms with Crippen LogP contribution < -0.4 is 10.9 Å². The van der Waals surface area contributed by atoms with E-state index in [1.165, 1.54) is 17.5 Å². The Hall–Kier alpha value is -2.55. The number of imidazole rings is 1. The Balaban J connectivity index is 1.76. The van der Waals surface area contributed by atoms with Crippen molar-refractivity contribution in [3.63, 3.8) is 0 Å². The van der Waals surface area contributed by atoms with E-state index in [-0.39, 0.29) is 23.2 Å². The quantitative estimate of drug-likeness (QED) is 0.725. The zero-order valence-corrected chi connectivity index (χ0v) is 11.2. The lowest BCUT2D eigenvalue weighted by molar-refractivity contribution is 0.0933. The number of aromatic amines is 1. The number of fused-ring (bicyclic) bond motifs is 1. The van der Waals surface area contributed by atoms with Crippen LogP contribution in [0.1, 0.15) is 29.1 Å². The molecule has 0 saturated heterocycles. The SMILES string of the molecule is C[C@@H](NC(=O)c1c[nH]c(=O)cn1)c1cn2ncsc2n1. The fraction of sp³-hybridized carbons (Fsp3) is 0.182. The maximum absolute atomic E-state index is 11.9. The van der Waals surface area contributed by atoms with Gasteiger partial charge in [-0.3, -0.25) is 9.59 Å². The van der Waals surface area contributed by atoms with Crippen LogP contribution in [0.5, 0.6) is 0 Å². The van der Waals surface area contributed by atoms with Gasteiger partial charge in [0.1, 0.15) is 11.2 Å². The molecule has 3 aromatic heterocycles. The van der Waals surface area contributed by atoms with E-state index in [0.29, 0.717) is 5.69 Å². The second-order valence-electron chi connectivity index (χ2n) is 4.12. The summed E-state index contributed by atoms with van der Waals surface area (Å²) in [4.78, 5) is 34.1. The number of nitrogens with one attached hydrogen (secondary N) is 2. The van der Waals surface area contributed by atoms with E-state index in [9.17, 15) is 9.59 Å². The van der Waals surface area contributed by atoms with Crippen molar-refractivity contribution in [1.29, 1.82) is 0 Å². The molecule has 3 rings (SSSR count). The molecule has 9 heteroatoms. The summed E-state index contributed by atoms with van der Waals surface area (Å²) in [5.74, 6) is -0.377. The first kappa shape index (κ1) is 12.5. The summed E-state index contributed by atoms with van der Waals surface area (Å²) in [6.45, 7) is 1.82. The molecule has 20 heavy (non-hydrogen) atoms. The summed E-state index contributed by atoms with van der Waals surface area (Å²) >= 11 is 1.42. The van der Waals surface area contributed by atoms with Crippen LogP contribution in [0.4, 0.5) is 0 Å². The lowest BCUT2D eigenvalue weighted by Gasteiger charge is -2.10. The number of H-pyrrole nitrogens is 1. The number of hydrogen-bond donors (Lipinski definition) is 2. The molecule has 0 spiro atoms. The van der Waals surface area contributed by atoms with E-state index in [1.807, 2.05) is 6.92 Å². The van der Waals surface area contributed by atoms with E-state index >= 15 is 0 Å². The van der Waals surface area contributed by atoms with E-state index in [4.69, 9.17) is 0 Å². The van der Waals surface area contributed by atoms with E-state index in [0.717, 1.165) is 11.2 Å². The summed E-state index contributed by atoms with van der Waals surface area (Å²) in [5, 5.41) is 6.84. The molecule has 1 atom stereocenters. The Morgan fingerprint density at radius 2 is 2.40 bits per heavy atom. The molecule has 0 bridgehead atoms. The van der Waals surface area contributed by atoms with Crippen molar-refractivity contribution >= 4 is 22.2 Å². The zero-order valence-electron chi connectivity index (χ0n) is 10.4. The van der Waals surface area contributed by atoms with Gasteiger partial charge in [0.05, 0.1) is 24.1 Å². The Bertz CT molecular complexity index is 771. The average molecular weight is 290 g/mol. The number of hydrogen-bond acceptors (Lipinski definition) is 6. The summed E-state index contributed by atoms with van der Waals surface area (Å²) in [6.07, 6.45) is 4.10. The highest BCUT2D eigenvalue weighted by Gasteiger charge is 2.15. The fourth-order valence-electron chi connectivity index (χ4n) is 1.68. The van der Waals surface area contributed by atoms with Crippen molar-refractivity contribution in [2.24, 2.45) is 0 Å². The second-order valence-corrected chi connectivity index (χ2v) is 4.93. The Kier molecular flexibility index (Phi) is 3.03. The van der Waals surface area contributed by atoms with Gasteiger partial charge >= 0.3 is 0 Å².